The first-order valence-corrected chi connectivity index (χ1v) is 6.32. The second kappa shape index (κ2) is 5.90. The Bertz CT molecular complexity index is 590. The molecule has 114 valence electrons. The lowest BCUT2D eigenvalue weighted by Crippen LogP contribution is -2.48. The molecule has 0 bridgehead atoms. The predicted molar refractivity (Wildman–Crippen MR) is 76.3 cm³/mol. The van der Waals surface area contributed by atoms with Gasteiger partial charge in [0.1, 0.15) is 6.54 Å². The molecule has 0 atom stereocenters. The molecule has 1 amide bonds. The summed E-state index contributed by atoms with van der Waals surface area (Å²) in [7, 11) is 0. The van der Waals surface area contributed by atoms with Gasteiger partial charge in [-0.3, -0.25) is 19.7 Å². The van der Waals surface area contributed by atoms with E-state index in [1.165, 1.54) is 17.0 Å². The molecule has 0 radical (unpaired) electrons. The predicted octanol–water partition coefficient (Wildman–Crippen LogP) is 2.23. The summed E-state index contributed by atoms with van der Waals surface area (Å²) in [4.78, 5) is 34.9. The number of rotatable bonds is 4. The van der Waals surface area contributed by atoms with E-state index in [4.69, 9.17) is 5.11 Å². The van der Waals surface area contributed by atoms with Crippen LogP contribution in [-0.2, 0) is 4.79 Å². The molecule has 1 N–H and O–H groups in total. The summed E-state index contributed by atoms with van der Waals surface area (Å²) in [5, 5.41) is 19.8. The second-order valence-corrected chi connectivity index (χ2v) is 5.77. The van der Waals surface area contributed by atoms with Crippen LogP contribution in [-0.4, -0.2) is 38.9 Å². The van der Waals surface area contributed by atoms with Crippen molar-refractivity contribution in [3.8, 4) is 0 Å². The number of carboxylic acids is 1. The number of carbonyl (C=O) groups excluding carboxylic acids is 1. The number of nitrogens with zero attached hydrogens (tertiary/aromatic N) is 2. The van der Waals surface area contributed by atoms with Gasteiger partial charge < -0.3 is 10.0 Å². The van der Waals surface area contributed by atoms with Crippen LogP contribution in [0.2, 0.25) is 0 Å². The summed E-state index contributed by atoms with van der Waals surface area (Å²) in [6.07, 6.45) is 0. The third-order valence-corrected chi connectivity index (χ3v) is 2.87. The van der Waals surface area contributed by atoms with Gasteiger partial charge in [-0.1, -0.05) is 0 Å². The van der Waals surface area contributed by atoms with Crippen LogP contribution in [0.1, 0.15) is 36.7 Å². The molecule has 1 aromatic rings. The third-order valence-electron chi connectivity index (χ3n) is 2.87. The number of carbonyl (C=O) groups is 2. The highest BCUT2D eigenvalue weighted by molar-refractivity contribution is 5.97. The van der Waals surface area contributed by atoms with Gasteiger partial charge in [0, 0.05) is 23.2 Å². The summed E-state index contributed by atoms with van der Waals surface area (Å²) >= 11 is 0. The zero-order chi connectivity index (χ0) is 16.4. The molecule has 0 aliphatic rings. The summed E-state index contributed by atoms with van der Waals surface area (Å²) in [6.45, 7) is 6.29. The van der Waals surface area contributed by atoms with Crippen molar-refractivity contribution in [2.24, 2.45) is 0 Å². The largest absolute Gasteiger partial charge is 0.480 e. The molecule has 0 fully saturated rings. The van der Waals surface area contributed by atoms with Gasteiger partial charge in [-0.15, -0.1) is 0 Å². The maximum atomic E-state index is 12.5. The average molecular weight is 294 g/mol. The minimum absolute atomic E-state index is 0.109. The van der Waals surface area contributed by atoms with Crippen LogP contribution in [0.4, 0.5) is 5.69 Å². The van der Waals surface area contributed by atoms with Crippen LogP contribution in [0.15, 0.2) is 18.2 Å². The van der Waals surface area contributed by atoms with Gasteiger partial charge in [-0.25, -0.2) is 0 Å². The first-order valence-electron chi connectivity index (χ1n) is 6.32. The number of aliphatic carboxylic acids is 1. The molecule has 0 heterocycles. The lowest BCUT2D eigenvalue weighted by Gasteiger charge is -2.34. The Kier molecular flexibility index (Phi) is 4.67. The Hall–Kier alpha value is -2.44. The molecule has 0 aliphatic heterocycles. The van der Waals surface area contributed by atoms with Crippen molar-refractivity contribution < 1.29 is 19.6 Å². The maximum absolute atomic E-state index is 12.5. The van der Waals surface area contributed by atoms with E-state index in [9.17, 15) is 19.7 Å². The summed E-state index contributed by atoms with van der Waals surface area (Å²) < 4.78 is 0. The van der Waals surface area contributed by atoms with Gasteiger partial charge in [0.2, 0.25) is 0 Å². The van der Waals surface area contributed by atoms with E-state index < -0.39 is 28.9 Å². The molecule has 7 heteroatoms. The van der Waals surface area contributed by atoms with Crippen molar-refractivity contribution in [1.82, 2.24) is 4.90 Å². The van der Waals surface area contributed by atoms with E-state index in [2.05, 4.69) is 0 Å². The molecular weight excluding hydrogens is 276 g/mol. The highest BCUT2D eigenvalue weighted by atomic mass is 16.6. The third kappa shape index (κ3) is 4.27. The number of non-ortho nitro benzene ring substituents is 1. The van der Waals surface area contributed by atoms with E-state index in [1.54, 1.807) is 27.7 Å². The lowest BCUT2D eigenvalue weighted by molar-refractivity contribution is -0.384. The molecule has 0 spiro atoms. The Balaban J connectivity index is 3.26. The molecule has 21 heavy (non-hydrogen) atoms. The molecule has 0 saturated heterocycles. The zero-order valence-corrected chi connectivity index (χ0v) is 12.4. The van der Waals surface area contributed by atoms with Gasteiger partial charge in [0.15, 0.2) is 0 Å². The zero-order valence-electron chi connectivity index (χ0n) is 12.4. The van der Waals surface area contributed by atoms with Crippen LogP contribution in [0.5, 0.6) is 0 Å². The Morgan fingerprint density at radius 2 is 1.86 bits per heavy atom. The topological polar surface area (TPSA) is 101 Å². The van der Waals surface area contributed by atoms with E-state index in [0.717, 1.165) is 6.07 Å². The smallest absolute Gasteiger partial charge is 0.323 e. The fourth-order valence-electron chi connectivity index (χ4n) is 1.90. The van der Waals surface area contributed by atoms with Crippen LogP contribution in [0.25, 0.3) is 0 Å². The molecule has 7 nitrogen and oxygen atoms in total. The summed E-state index contributed by atoms with van der Waals surface area (Å²) in [5.41, 5.74) is -0.231. The Labute approximate surface area is 122 Å². The molecule has 0 aromatic heterocycles. The SMILES string of the molecule is Cc1cc(C(=O)N(CC(=O)O)C(C)(C)C)cc([N+](=O)[O-])c1. The maximum Gasteiger partial charge on any atom is 0.323 e. The van der Waals surface area contributed by atoms with Crippen molar-refractivity contribution in [2.75, 3.05) is 6.54 Å². The lowest BCUT2D eigenvalue weighted by atomic mass is 10.0. The number of amides is 1. The number of aryl methyl sites for hydroxylation is 1. The number of hydrogen-bond donors (Lipinski definition) is 1. The first-order chi connectivity index (χ1) is 9.52. The first kappa shape index (κ1) is 16.6. The van der Waals surface area contributed by atoms with Gasteiger partial charge in [0.25, 0.3) is 11.6 Å². The molecule has 0 aliphatic carbocycles. The van der Waals surface area contributed by atoms with Gasteiger partial charge in [0.05, 0.1) is 4.92 Å². The Morgan fingerprint density at radius 1 is 1.29 bits per heavy atom. The van der Waals surface area contributed by atoms with E-state index in [1.807, 2.05) is 0 Å². The summed E-state index contributed by atoms with van der Waals surface area (Å²) in [6, 6.07) is 4.03. The van der Waals surface area contributed by atoms with E-state index in [-0.39, 0.29) is 11.3 Å². The van der Waals surface area contributed by atoms with Gasteiger partial charge in [-0.2, -0.15) is 0 Å². The highest BCUT2D eigenvalue weighted by Gasteiger charge is 2.30. The highest BCUT2D eigenvalue weighted by Crippen LogP contribution is 2.21. The van der Waals surface area contributed by atoms with Crippen molar-refractivity contribution in [3.63, 3.8) is 0 Å². The van der Waals surface area contributed by atoms with Crippen molar-refractivity contribution in [2.45, 2.75) is 33.2 Å². The van der Waals surface area contributed by atoms with Crippen LogP contribution in [0.3, 0.4) is 0 Å². The molecular formula is C14H18N2O5. The molecule has 1 rings (SSSR count). The number of hydrogen-bond acceptors (Lipinski definition) is 4. The number of nitro benzene ring substituents is 1. The monoisotopic (exact) mass is 294 g/mol. The molecule has 0 unspecified atom stereocenters. The van der Waals surface area contributed by atoms with Gasteiger partial charge in [-0.05, 0) is 39.3 Å². The quantitative estimate of drug-likeness (QED) is 0.677. The summed E-state index contributed by atoms with van der Waals surface area (Å²) in [5.74, 6) is -1.68. The van der Waals surface area contributed by atoms with Crippen molar-refractivity contribution in [3.05, 3.63) is 39.4 Å². The minimum Gasteiger partial charge on any atom is -0.480 e. The molecule has 0 saturated carbocycles. The van der Waals surface area contributed by atoms with Crippen LogP contribution < -0.4 is 0 Å². The number of carboxylic acid groups (broad SMARTS) is 1. The van der Waals surface area contributed by atoms with Crippen LogP contribution in [0, 0.1) is 17.0 Å². The fourth-order valence-corrected chi connectivity index (χ4v) is 1.90. The fraction of sp³-hybridized carbons (Fsp3) is 0.429. The van der Waals surface area contributed by atoms with Crippen molar-refractivity contribution >= 4 is 17.6 Å². The van der Waals surface area contributed by atoms with Gasteiger partial charge >= 0.3 is 5.97 Å². The molecule has 1 aromatic carbocycles. The van der Waals surface area contributed by atoms with E-state index >= 15 is 0 Å². The normalized spacial score (nSPS) is 11.0. The standard InChI is InChI=1S/C14H18N2O5/c1-9-5-10(7-11(6-9)16(20)21)13(19)15(8-12(17)18)14(2,3)4/h5-7H,8H2,1-4H3,(H,17,18). The number of benzene rings is 1. The average Bonchev–Trinajstić information content (AvgIpc) is 2.32. The van der Waals surface area contributed by atoms with Crippen LogP contribution >= 0.6 is 0 Å². The Morgan fingerprint density at radius 3 is 2.29 bits per heavy atom. The van der Waals surface area contributed by atoms with E-state index in [0.29, 0.717) is 5.56 Å². The second-order valence-electron chi connectivity index (χ2n) is 5.77. The number of nitro groups is 1. The van der Waals surface area contributed by atoms with Crippen molar-refractivity contribution in [1.29, 1.82) is 0 Å². The minimum atomic E-state index is -1.14.